The normalized spacial score (nSPS) is 11.1. The van der Waals surface area contributed by atoms with E-state index in [1.54, 1.807) is 18.2 Å². The highest BCUT2D eigenvalue weighted by molar-refractivity contribution is 5.33. The summed E-state index contributed by atoms with van der Waals surface area (Å²) < 4.78 is 28.7. The van der Waals surface area contributed by atoms with Gasteiger partial charge in [0.15, 0.2) is 0 Å². The highest BCUT2D eigenvalue weighted by Gasteiger charge is 2.08. The molecule has 90 valence electrons. The summed E-state index contributed by atoms with van der Waals surface area (Å²) in [4.78, 5) is 0. The van der Waals surface area contributed by atoms with Gasteiger partial charge in [-0.1, -0.05) is 32.0 Å². The van der Waals surface area contributed by atoms with Crippen LogP contribution in [0.4, 0.5) is 8.78 Å². The largest absolute Gasteiger partial charge is 0.435 e. The molecule has 0 aliphatic rings. The zero-order chi connectivity index (χ0) is 12.0. The lowest BCUT2D eigenvalue weighted by molar-refractivity contribution is -0.0504. The lowest BCUT2D eigenvalue weighted by atomic mass is 10.1. The van der Waals surface area contributed by atoms with E-state index in [9.17, 15) is 8.78 Å². The van der Waals surface area contributed by atoms with E-state index in [1.165, 1.54) is 0 Å². The van der Waals surface area contributed by atoms with Crippen molar-refractivity contribution in [1.29, 1.82) is 0 Å². The monoisotopic (exact) mass is 229 g/mol. The minimum Gasteiger partial charge on any atom is -0.435 e. The molecule has 0 aliphatic carbocycles. The van der Waals surface area contributed by atoms with Crippen LogP contribution in [0.25, 0.3) is 0 Å². The van der Waals surface area contributed by atoms with Gasteiger partial charge in [0.25, 0.3) is 0 Å². The molecule has 0 aliphatic heterocycles. The Morgan fingerprint density at radius 3 is 2.56 bits per heavy atom. The van der Waals surface area contributed by atoms with E-state index >= 15 is 0 Å². The minimum atomic E-state index is -2.76. The van der Waals surface area contributed by atoms with E-state index in [1.807, 2.05) is 19.9 Å². The highest BCUT2D eigenvalue weighted by atomic mass is 19.3. The molecule has 16 heavy (non-hydrogen) atoms. The Morgan fingerprint density at radius 1 is 1.25 bits per heavy atom. The summed E-state index contributed by atoms with van der Waals surface area (Å²) in [5.41, 5.74) is 0.802. The lowest BCUT2D eigenvalue weighted by Gasteiger charge is -2.12. The Balaban J connectivity index is 2.56. The number of nitrogens with one attached hydrogen (secondary N) is 1. The Kier molecular flexibility index (Phi) is 5.19. The molecular formula is C12H17F2NO. The fourth-order valence-corrected chi connectivity index (χ4v) is 1.42. The summed E-state index contributed by atoms with van der Waals surface area (Å²) in [5.74, 6) is 0.267. The van der Waals surface area contributed by atoms with Gasteiger partial charge in [0, 0.05) is 6.04 Å². The average molecular weight is 229 g/mol. The Labute approximate surface area is 94.6 Å². The maximum absolute atomic E-state index is 12.1. The van der Waals surface area contributed by atoms with E-state index in [-0.39, 0.29) is 5.75 Å². The Hall–Kier alpha value is -1.16. The van der Waals surface area contributed by atoms with Crippen molar-refractivity contribution in [3.63, 3.8) is 0 Å². The third kappa shape index (κ3) is 4.57. The molecular weight excluding hydrogens is 212 g/mol. The van der Waals surface area contributed by atoms with Crippen molar-refractivity contribution in [3.8, 4) is 5.75 Å². The molecule has 1 N–H and O–H groups in total. The van der Waals surface area contributed by atoms with Gasteiger partial charge in [0.2, 0.25) is 0 Å². The highest BCUT2D eigenvalue weighted by Crippen LogP contribution is 2.20. The molecule has 0 atom stereocenters. The Morgan fingerprint density at radius 2 is 1.94 bits per heavy atom. The van der Waals surface area contributed by atoms with Gasteiger partial charge < -0.3 is 10.1 Å². The van der Waals surface area contributed by atoms with Crippen LogP contribution in [0.5, 0.6) is 5.75 Å². The van der Waals surface area contributed by atoms with E-state index in [0.717, 1.165) is 12.1 Å². The fraction of sp³-hybridized carbons (Fsp3) is 0.500. The summed E-state index contributed by atoms with van der Waals surface area (Å²) in [7, 11) is 0. The molecule has 0 saturated carbocycles. The molecule has 0 amide bonds. The number of rotatable bonds is 6. The molecule has 0 fully saturated rings. The first kappa shape index (κ1) is 12.9. The Bertz CT molecular complexity index is 316. The second-order valence-electron chi connectivity index (χ2n) is 3.85. The van der Waals surface area contributed by atoms with Crippen LogP contribution < -0.4 is 10.1 Å². The first-order valence-electron chi connectivity index (χ1n) is 5.35. The van der Waals surface area contributed by atoms with Gasteiger partial charge in [-0.2, -0.15) is 8.78 Å². The number of benzene rings is 1. The molecule has 4 heteroatoms. The number of hydrogen-bond donors (Lipinski definition) is 1. The number of ether oxygens (including phenoxy) is 1. The number of halogens is 2. The van der Waals surface area contributed by atoms with Gasteiger partial charge in [-0.15, -0.1) is 0 Å². The minimum absolute atomic E-state index is 0.267. The lowest BCUT2D eigenvalue weighted by Crippen LogP contribution is -2.25. The van der Waals surface area contributed by atoms with E-state index in [0.29, 0.717) is 12.5 Å². The smallest absolute Gasteiger partial charge is 0.387 e. The third-order valence-corrected chi connectivity index (χ3v) is 2.14. The molecule has 1 aromatic carbocycles. The average Bonchev–Trinajstić information content (AvgIpc) is 2.19. The second kappa shape index (κ2) is 6.43. The molecule has 0 radical (unpaired) electrons. The van der Waals surface area contributed by atoms with Crippen LogP contribution in [0.15, 0.2) is 24.3 Å². The molecule has 0 bridgehead atoms. The SMILES string of the molecule is CC(C)NCCc1ccccc1OC(F)F. The van der Waals surface area contributed by atoms with Crippen molar-refractivity contribution >= 4 is 0 Å². The van der Waals surface area contributed by atoms with Crippen LogP contribution in [0.3, 0.4) is 0 Å². The maximum atomic E-state index is 12.1. The zero-order valence-electron chi connectivity index (χ0n) is 9.54. The fourth-order valence-electron chi connectivity index (χ4n) is 1.42. The summed E-state index contributed by atoms with van der Waals surface area (Å²) in [6.07, 6.45) is 0.682. The van der Waals surface area contributed by atoms with Crippen molar-refractivity contribution in [2.24, 2.45) is 0 Å². The van der Waals surface area contributed by atoms with E-state index in [4.69, 9.17) is 0 Å². The molecule has 0 saturated heterocycles. The first-order valence-corrected chi connectivity index (χ1v) is 5.35. The van der Waals surface area contributed by atoms with Crippen LogP contribution >= 0.6 is 0 Å². The van der Waals surface area contributed by atoms with Crippen LogP contribution in [-0.4, -0.2) is 19.2 Å². The van der Waals surface area contributed by atoms with Gasteiger partial charge in [0.1, 0.15) is 5.75 Å². The van der Waals surface area contributed by atoms with Gasteiger partial charge in [-0.05, 0) is 24.6 Å². The topological polar surface area (TPSA) is 21.3 Å². The molecule has 1 rings (SSSR count). The molecule has 0 spiro atoms. The zero-order valence-corrected chi connectivity index (χ0v) is 9.54. The van der Waals surface area contributed by atoms with E-state index in [2.05, 4.69) is 10.1 Å². The predicted octanol–water partition coefficient (Wildman–Crippen LogP) is 2.83. The summed E-state index contributed by atoms with van der Waals surface area (Å²) in [5, 5.41) is 3.23. The molecule has 1 aromatic rings. The number of para-hydroxylation sites is 1. The van der Waals surface area contributed by atoms with Crippen molar-refractivity contribution in [1.82, 2.24) is 5.32 Å². The summed E-state index contributed by atoms with van der Waals surface area (Å²) >= 11 is 0. The van der Waals surface area contributed by atoms with Crippen LogP contribution in [0.1, 0.15) is 19.4 Å². The number of alkyl halides is 2. The van der Waals surface area contributed by atoms with Crippen molar-refractivity contribution < 1.29 is 13.5 Å². The number of hydrogen-bond acceptors (Lipinski definition) is 2. The van der Waals surface area contributed by atoms with Gasteiger partial charge in [-0.3, -0.25) is 0 Å². The predicted molar refractivity (Wildman–Crippen MR) is 59.9 cm³/mol. The van der Waals surface area contributed by atoms with Crippen LogP contribution in [0.2, 0.25) is 0 Å². The second-order valence-corrected chi connectivity index (χ2v) is 3.85. The van der Waals surface area contributed by atoms with Crippen molar-refractivity contribution in [2.75, 3.05) is 6.54 Å². The molecule has 0 aromatic heterocycles. The molecule has 2 nitrogen and oxygen atoms in total. The van der Waals surface area contributed by atoms with E-state index < -0.39 is 6.61 Å². The van der Waals surface area contributed by atoms with Gasteiger partial charge in [0.05, 0.1) is 0 Å². The first-order chi connectivity index (χ1) is 7.59. The maximum Gasteiger partial charge on any atom is 0.387 e. The quantitative estimate of drug-likeness (QED) is 0.809. The van der Waals surface area contributed by atoms with Crippen molar-refractivity contribution in [3.05, 3.63) is 29.8 Å². The third-order valence-electron chi connectivity index (χ3n) is 2.14. The summed E-state index contributed by atoms with van der Waals surface area (Å²) in [6.45, 7) is 2.07. The van der Waals surface area contributed by atoms with Crippen LogP contribution in [-0.2, 0) is 6.42 Å². The summed E-state index contributed by atoms with van der Waals surface area (Å²) in [6, 6.07) is 7.28. The standard InChI is InChI=1S/C12H17F2NO/c1-9(2)15-8-7-10-5-3-4-6-11(10)16-12(13)14/h3-6,9,12,15H,7-8H2,1-2H3. The van der Waals surface area contributed by atoms with Crippen molar-refractivity contribution in [2.45, 2.75) is 32.9 Å². The van der Waals surface area contributed by atoms with Gasteiger partial charge in [-0.25, -0.2) is 0 Å². The molecule has 0 unspecified atom stereocenters. The van der Waals surface area contributed by atoms with Crippen LogP contribution in [0, 0.1) is 0 Å². The van der Waals surface area contributed by atoms with Gasteiger partial charge >= 0.3 is 6.61 Å². The molecule has 0 heterocycles.